The minimum Gasteiger partial charge on any atom is -0.384 e. The molecule has 1 aromatic carbocycles. The third-order valence-corrected chi connectivity index (χ3v) is 4.03. The van der Waals surface area contributed by atoms with Gasteiger partial charge in [-0.15, -0.1) is 0 Å². The second kappa shape index (κ2) is 5.74. The van der Waals surface area contributed by atoms with Crippen molar-refractivity contribution in [3.8, 4) is 0 Å². The molecule has 0 saturated heterocycles. The summed E-state index contributed by atoms with van der Waals surface area (Å²) >= 11 is 6.15. The lowest BCUT2D eigenvalue weighted by molar-refractivity contribution is 0.0747. The number of hydrogen-bond donors (Lipinski definition) is 1. The molecule has 0 spiro atoms. The molecule has 1 aliphatic heterocycles. The molecule has 0 saturated carbocycles. The first-order valence-electron chi connectivity index (χ1n) is 6.93. The van der Waals surface area contributed by atoms with E-state index in [1.54, 1.807) is 17.0 Å². The van der Waals surface area contributed by atoms with Crippen LogP contribution in [0.4, 0.5) is 5.82 Å². The molecule has 0 bridgehead atoms. The first-order valence-corrected chi connectivity index (χ1v) is 7.31. The Kier molecular flexibility index (Phi) is 3.80. The largest absolute Gasteiger partial charge is 0.384 e. The fourth-order valence-corrected chi connectivity index (χ4v) is 2.79. The third-order valence-electron chi connectivity index (χ3n) is 3.69. The molecule has 21 heavy (non-hydrogen) atoms. The van der Waals surface area contributed by atoms with Gasteiger partial charge in [-0.2, -0.15) is 0 Å². The smallest absolute Gasteiger partial charge is 0.254 e. The van der Waals surface area contributed by atoms with E-state index in [4.69, 9.17) is 17.3 Å². The maximum Gasteiger partial charge on any atom is 0.254 e. The quantitative estimate of drug-likeness (QED) is 0.928. The zero-order chi connectivity index (χ0) is 14.8. The van der Waals surface area contributed by atoms with Crippen LogP contribution < -0.4 is 5.73 Å². The van der Waals surface area contributed by atoms with E-state index >= 15 is 0 Å². The van der Waals surface area contributed by atoms with E-state index in [-0.39, 0.29) is 5.91 Å². The van der Waals surface area contributed by atoms with Crippen LogP contribution in [0.15, 0.2) is 36.4 Å². The van der Waals surface area contributed by atoms with Crippen molar-refractivity contribution in [3.63, 3.8) is 0 Å². The Balaban J connectivity index is 1.89. The molecule has 0 atom stereocenters. The number of nitrogens with zero attached hydrogens (tertiary/aromatic N) is 2. The molecule has 0 aliphatic carbocycles. The van der Waals surface area contributed by atoms with E-state index in [1.807, 2.05) is 24.3 Å². The predicted octanol–water partition coefficient (Wildman–Crippen LogP) is 2.91. The molecule has 0 unspecified atom stereocenters. The van der Waals surface area contributed by atoms with Crippen molar-refractivity contribution in [2.24, 2.45) is 0 Å². The number of aryl methyl sites for hydroxylation is 1. The number of rotatable bonds is 2. The highest BCUT2D eigenvalue weighted by Crippen LogP contribution is 2.22. The lowest BCUT2D eigenvalue weighted by Crippen LogP contribution is -2.31. The highest BCUT2D eigenvalue weighted by molar-refractivity contribution is 6.31. The summed E-state index contributed by atoms with van der Waals surface area (Å²) in [5, 5.41) is 0.537. The summed E-state index contributed by atoms with van der Waals surface area (Å²) in [6, 6.07) is 11.1. The van der Waals surface area contributed by atoms with E-state index < -0.39 is 0 Å². The Morgan fingerprint density at radius 1 is 1.24 bits per heavy atom. The first-order chi connectivity index (χ1) is 10.1. The fraction of sp³-hybridized carbons (Fsp3) is 0.250. The van der Waals surface area contributed by atoms with Gasteiger partial charge in [0.05, 0.1) is 17.3 Å². The van der Waals surface area contributed by atoms with Crippen molar-refractivity contribution >= 4 is 23.3 Å². The van der Waals surface area contributed by atoms with Gasteiger partial charge in [0.15, 0.2) is 0 Å². The van der Waals surface area contributed by atoms with Crippen LogP contribution in [0.2, 0.25) is 5.02 Å². The van der Waals surface area contributed by atoms with Crippen molar-refractivity contribution < 1.29 is 4.79 Å². The number of halogens is 1. The maximum absolute atomic E-state index is 12.7. The lowest BCUT2D eigenvalue weighted by atomic mass is 10.0. The molecule has 0 fully saturated rings. The number of fused-ring (bicyclic) bond motifs is 1. The van der Waals surface area contributed by atoms with Gasteiger partial charge in [0.1, 0.15) is 5.82 Å². The van der Waals surface area contributed by atoms with Crippen molar-refractivity contribution in [1.29, 1.82) is 0 Å². The minimum atomic E-state index is 0.0309. The highest BCUT2D eigenvalue weighted by Gasteiger charge is 2.23. The van der Waals surface area contributed by atoms with Gasteiger partial charge in [0.2, 0.25) is 0 Å². The molecule has 2 N–H and O–H groups in total. The van der Waals surface area contributed by atoms with Crippen LogP contribution in [0, 0.1) is 0 Å². The van der Waals surface area contributed by atoms with Gasteiger partial charge in [-0.1, -0.05) is 29.8 Å². The van der Waals surface area contributed by atoms with E-state index in [0.717, 1.165) is 24.0 Å². The topological polar surface area (TPSA) is 59.2 Å². The summed E-state index contributed by atoms with van der Waals surface area (Å²) in [5.74, 6) is 0.445. The van der Waals surface area contributed by atoms with Crippen molar-refractivity contribution in [2.45, 2.75) is 19.4 Å². The molecular weight excluding hydrogens is 286 g/mol. The van der Waals surface area contributed by atoms with E-state index in [9.17, 15) is 4.79 Å². The molecule has 3 rings (SSSR count). The molecule has 108 valence electrons. The first kappa shape index (κ1) is 13.9. The molecule has 1 aliphatic rings. The molecular formula is C16H16ClN3O. The number of amides is 1. The SMILES string of the molecule is Nc1ccc(Cl)c(CN2CCCc3ccccc3C2=O)n1. The number of nitrogen functional groups attached to an aromatic ring is 1. The fourth-order valence-electron chi connectivity index (χ4n) is 2.62. The average molecular weight is 302 g/mol. The monoisotopic (exact) mass is 301 g/mol. The Labute approximate surface area is 128 Å². The van der Waals surface area contributed by atoms with Gasteiger partial charge in [-0.25, -0.2) is 4.98 Å². The van der Waals surface area contributed by atoms with Crippen molar-refractivity contribution in [3.05, 3.63) is 58.2 Å². The van der Waals surface area contributed by atoms with Crippen LogP contribution in [0.3, 0.4) is 0 Å². The van der Waals surface area contributed by atoms with Crippen LogP contribution in [0.25, 0.3) is 0 Å². The Bertz CT molecular complexity index is 687. The molecule has 2 aromatic rings. The number of carbonyl (C=O) groups excluding carboxylic acids is 1. The Morgan fingerprint density at radius 3 is 2.90 bits per heavy atom. The van der Waals surface area contributed by atoms with E-state index in [0.29, 0.717) is 29.6 Å². The van der Waals surface area contributed by atoms with Crippen LogP contribution in [0.5, 0.6) is 0 Å². The van der Waals surface area contributed by atoms with Crippen LogP contribution in [-0.2, 0) is 13.0 Å². The molecule has 2 heterocycles. The second-order valence-electron chi connectivity index (χ2n) is 5.15. The molecule has 1 amide bonds. The highest BCUT2D eigenvalue weighted by atomic mass is 35.5. The zero-order valence-electron chi connectivity index (χ0n) is 11.6. The summed E-state index contributed by atoms with van der Waals surface area (Å²) in [7, 11) is 0. The second-order valence-corrected chi connectivity index (χ2v) is 5.56. The van der Waals surface area contributed by atoms with Crippen LogP contribution in [-0.4, -0.2) is 22.3 Å². The number of carbonyl (C=O) groups is 1. The van der Waals surface area contributed by atoms with Crippen LogP contribution in [0.1, 0.15) is 28.0 Å². The summed E-state index contributed by atoms with van der Waals surface area (Å²) in [4.78, 5) is 18.7. The molecule has 0 radical (unpaired) electrons. The number of pyridine rings is 1. The van der Waals surface area contributed by atoms with Gasteiger partial charge < -0.3 is 10.6 Å². The van der Waals surface area contributed by atoms with E-state index in [2.05, 4.69) is 4.98 Å². The number of aromatic nitrogens is 1. The minimum absolute atomic E-state index is 0.0309. The predicted molar refractivity (Wildman–Crippen MR) is 83.2 cm³/mol. The third kappa shape index (κ3) is 2.85. The summed E-state index contributed by atoms with van der Waals surface area (Å²) in [6.07, 6.45) is 1.85. The number of benzene rings is 1. The summed E-state index contributed by atoms with van der Waals surface area (Å²) in [6.45, 7) is 1.08. The number of hydrogen-bond acceptors (Lipinski definition) is 3. The maximum atomic E-state index is 12.7. The number of anilines is 1. The van der Waals surface area contributed by atoms with Gasteiger partial charge in [-0.05, 0) is 36.6 Å². The standard InChI is InChI=1S/C16H16ClN3O/c17-13-7-8-15(18)19-14(13)10-20-9-3-5-11-4-1-2-6-12(11)16(20)21/h1-2,4,6-8H,3,5,9-10H2,(H2,18,19). The molecule has 5 heteroatoms. The van der Waals surface area contributed by atoms with E-state index in [1.165, 1.54) is 0 Å². The van der Waals surface area contributed by atoms with Gasteiger partial charge in [0, 0.05) is 12.1 Å². The molecule has 4 nitrogen and oxygen atoms in total. The molecule has 1 aromatic heterocycles. The normalized spacial score (nSPS) is 14.7. The summed E-state index contributed by atoms with van der Waals surface area (Å²) in [5.41, 5.74) is 8.23. The lowest BCUT2D eigenvalue weighted by Gasteiger charge is -2.21. The Hall–Kier alpha value is -2.07. The van der Waals surface area contributed by atoms with Gasteiger partial charge >= 0.3 is 0 Å². The Morgan fingerprint density at radius 2 is 2.05 bits per heavy atom. The average Bonchev–Trinajstić information content (AvgIpc) is 2.64. The van der Waals surface area contributed by atoms with Gasteiger partial charge in [0.25, 0.3) is 5.91 Å². The van der Waals surface area contributed by atoms with Gasteiger partial charge in [-0.3, -0.25) is 4.79 Å². The summed E-state index contributed by atoms with van der Waals surface area (Å²) < 4.78 is 0. The van der Waals surface area contributed by atoms with Crippen LogP contribution >= 0.6 is 11.6 Å². The number of nitrogens with two attached hydrogens (primary N) is 1. The van der Waals surface area contributed by atoms with Crippen molar-refractivity contribution in [2.75, 3.05) is 12.3 Å². The zero-order valence-corrected chi connectivity index (χ0v) is 12.3. The van der Waals surface area contributed by atoms with Crippen molar-refractivity contribution in [1.82, 2.24) is 9.88 Å².